The summed E-state index contributed by atoms with van der Waals surface area (Å²) in [5.41, 5.74) is 0.992. The number of hydrogen-bond donors (Lipinski definition) is 2. The molecule has 2 aliphatic rings. The van der Waals surface area contributed by atoms with Crippen molar-refractivity contribution in [2.45, 2.75) is 38.6 Å². The lowest BCUT2D eigenvalue weighted by atomic mass is 9.84. The van der Waals surface area contributed by atoms with Crippen molar-refractivity contribution in [3.05, 3.63) is 28.8 Å². The number of nitrogens with one attached hydrogen (secondary N) is 2. The molecule has 1 fully saturated rings. The molecule has 0 spiro atoms. The molecule has 0 radical (unpaired) electrons. The molecule has 1 aromatic carbocycles. The SMILES string of the molecule is CC(CC(=O)NC1CCOc2c(Cl)cccc21)C1CCNCC1.Cl. The standard InChI is InChI=1S/C18H25ClN2O2.ClH/c1-12(13-5-8-20-9-6-13)11-17(22)21-16-7-10-23-18-14(16)3-2-4-15(18)19;/h2-4,12-13,16,20H,5-11H2,1H3,(H,21,22);1H. The van der Waals surface area contributed by atoms with E-state index >= 15 is 0 Å². The molecular weight excluding hydrogens is 347 g/mol. The van der Waals surface area contributed by atoms with E-state index in [2.05, 4.69) is 17.6 Å². The van der Waals surface area contributed by atoms with E-state index in [1.807, 2.05) is 18.2 Å². The molecular formula is C18H26Cl2N2O2. The molecule has 1 aromatic rings. The first-order chi connectivity index (χ1) is 11.1. The van der Waals surface area contributed by atoms with Gasteiger partial charge in [-0.15, -0.1) is 12.4 Å². The third-order valence-electron chi connectivity index (χ3n) is 5.06. The Balaban J connectivity index is 0.00000208. The van der Waals surface area contributed by atoms with Crippen LogP contribution in [0.1, 0.15) is 44.2 Å². The molecule has 0 saturated carbocycles. The molecule has 2 heterocycles. The van der Waals surface area contributed by atoms with E-state index in [0.29, 0.717) is 29.9 Å². The zero-order chi connectivity index (χ0) is 16.2. The fourth-order valence-corrected chi connectivity index (χ4v) is 3.90. The Morgan fingerprint density at radius 3 is 2.88 bits per heavy atom. The summed E-state index contributed by atoms with van der Waals surface area (Å²) in [5, 5.41) is 7.17. The Bertz CT molecular complexity index is 562. The van der Waals surface area contributed by atoms with Crippen LogP contribution in [0.2, 0.25) is 5.02 Å². The van der Waals surface area contributed by atoms with Gasteiger partial charge in [0.15, 0.2) is 0 Å². The van der Waals surface area contributed by atoms with E-state index < -0.39 is 0 Å². The minimum atomic E-state index is 0. The summed E-state index contributed by atoms with van der Waals surface area (Å²) in [7, 11) is 0. The second kappa shape index (κ2) is 8.93. The van der Waals surface area contributed by atoms with Crippen LogP contribution in [-0.2, 0) is 4.79 Å². The molecule has 1 saturated heterocycles. The number of piperidine rings is 1. The van der Waals surface area contributed by atoms with Gasteiger partial charge in [0.25, 0.3) is 0 Å². The van der Waals surface area contributed by atoms with Gasteiger partial charge in [-0.1, -0.05) is 30.7 Å². The maximum atomic E-state index is 12.5. The van der Waals surface area contributed by atoms with Crippen LogP contribution in [0.25, 0.3) is 0 Å². The van der Waals surface area contributed by atoms with E-state index in [1.54, 1.807) is 0 Å². The number of hydrogen-bond acceptors (Lipinski definition) is 3. The van der Waals surface area contributed by atoms with Gasteiger partial charge in [-0.2, -0.15) is 0 Å². The highest BCUT2D eigenvalue weighted by molar-refractivity contribution is 6.32. The summed E-state index contributed by atoms with van der Waals surface area (Å²) < 4.78 is 5.65. The van der Waals surface area contributed by atoms with Crippen LogP contribution in [0.4, 0.5) is 0 Å². The van der Waals surface area contributed by atoms with Crippen molar-refractivity contribution in [2.75, 3.05) is 19.7 Å². The van der Waals surface area contributed by atoms with Gasteiger partial charge in [-0.25, -0.2) is 0 Å². The number of carbonyl (C=O) groups excluding carboxylic acids is 1. The molecule has 1 amide bonds. The first-order valence-electron chi connectivity index (χ1n) is 8.56. The first-order valence-corrected chi connectivity index (χ1v) is 8.94. The van der Waals surface area contributed by atoms with Gasteiger partial charge in [-0.3, -0.25) is 4.79 Å². The topological polar surface area (TPSA) is 50.4 Å². The van der Waals surface area contributed by atoms with Gasteiger partial charge in [0.05, 0.1) is 17.7 Å². The molecule has 6 heteroatoms. The normalized spacial score (nSPS) is 21.8. The molecule has 0 aromatic heterocycles. The van der Waals surface area contributed by atoms with Crippen molar-refractivity contribution in [3.8, 4) is 5.75 Å². The van der Waals surface area contributed by atoms with Crippen LogP contribution in [0.5, 0.6) is 5.75 Å². The lowest BCUT2D eigenvalue weighted by Crippen LogP contribution is -2.36. The third-order valence-corrected chi connectivity index (χ3v) is 5.35. The van der Waals surface area contributed by atoms with Crippen LogP contribution >= 0.6 is 24.0 Å². The molecule has 0 bridgehead atoms. The maximum Gasteiger partial charge on any atom is 0.220 e. The second-order valence-corrected chi connectivity index (χ2v) is 7.09. The van der Waals surface area contributed by atoms with Crippen molar-refractivity contribution < 1.29 is 9.53 Å². The van der Waals surface area contributed by atoms with Crippen molar-refractivity contribution in [1.82, 2.24) is 10.6 Å². The average Bonchev–Trinajstić information content (AvgIpc) is 2.56. The Morgan fingerprint density at radius 1 is 1.38 bits per heavy atom. The minimum absolute atomic E-state index is 0. The number of ether oxygens (including phenoxy) is 1. The zero-order valence-corrected chi connectivity index (χ0v) is 15.6. The smallest absolute Gasteiger partial charge is 0.220 e. The highest BCUT2D eigenvalue weighted by Crippen LogP contribution is 2.37. The molecule has 2 atom stereocenters. The monoisotopic (exact) mass is 372 g/mol. The average molecular weight is 373 g/mol. The Morgan fingerprint density at radius 2 is 2.12 bits per heavy atom. The zero-order valence-electron chi connectivity index (χ0n) is 14.0. The summed E-state index contributed by atoms with van der Waals surface area (Å²) in [6.45, 7) is 4.93. The van der Waals surface area contributed by atoms with Gasteiger partial charge >= 0.3 is 0 Å². The van der Waals surface area contributed by atoms with Crippen LogP contribution < -0.4 is 15.4 Å². The molecule has 4 nitrogen and oxygen atoms in total. The number of carbonyl (C=O) groups is 1. The highest BCUT2D eigenvalue weighted by Gasteiger charge is 2.27. The van der Waals surface area contributed by atoms with Crippen LogP contribution in [-0.4, -0.2) is 25.6 Å². The van der Waals surface area contributed by atoms with Gasteiger partial charge in [0.2, 0.25) is 5.91 Å². The van der Waals surface area contributed by atoms with Crippen molar-refractivity contribution >= 4 is 29.9 Å². The predicted octanol–water partition coefficient (Wildman–Crippen LogP) is 3.73. The molecule has 134 valence electrons. The Hall–Kier alpha value is -0.970. The van der Waals surface area contributed by atoms with Crippen molar-refractivity contribution in [1.29, 1.82) is 0 Å². The quantitative estimate of drug-likeness (QED) is 0.846. The van der Waals surface area contributed by atoms with Gasteiger partial charge in [0, 0.05) is 18.4 Å². The highest BCUT2D eigenvalue weighted by atomic mass is 35.5. The van der Waals surface area contributed by atoms with E-state index in [4.69, 9.17) is 16.3 Å². The number of para-hydroxylation sites is 1. The van der Waals surface area contributed by atoms with Gasteiger partial charge < -0.3 is 15.4 Å². The summed E-state index contributed by atoms with van der Waals surface area (Å²) >= 11 is 6.19. The van der Waals surface area contributed by atoms with Crippen molar-refractivity contribution in [3.63, 3.8) is 0 Å². The predicted molar refractivity (Wildman–Crippen MR) is 99.1 cm³/mol. The molecule has 24 heavy (non-hydrogen) atoms. The lowest BCUT2D eigenvalue weighted by Gasteiger charge is -2.30. The number of amides is 1. The van der Waals surface area contributed by atoms with Gasteiger partial charge in [-0.05, 0) is 43.8 Å². The summed E-state index contributed by atoms with van der Waals surface area (Å²) in [6, 6.07) is 5.73. The molecule has 2 aliphatic heterocycles. The lowest BCUT2D eigenvalue weighted by molar-refractivity contribution is -0.123. The maximum absolute atomic E-state index is 12.5. The number of benzene rings is 1. The molecule has 3 rings (SSSR count). The Labute approximate surface area is 155 Å². The summed E-state index contributed by atoms with van der Waals surface area (Å²) in [6.07, 6.45) is 3.73. The molecule has 2 N–H and O–H groups in total. The fraction of sp³-hybridized carbons (Fsp3) is 0.611. The number of fused-ring (bicyclic) bond motifs is 1. The second-order valence-electron chi connectivity index (χ2n) is 6.68. The largest absolute Gasteiger partial charge is 0.492 e. The van der Waals surface area contributed by atoms with E-state index in [9.17, 15) is 4.79 Å². The van der Waals surface area contributed by atoms with Gasteiger partial charge in [0.1, 0.15) is 5.75 Å². The van der Waals surface area contributed by atoms with E-state index in [1.165, 1.54) is 12.8 Å². The Kier molecular flexibility index (Phi) is 7.20. The van der Waals surface area contributed by atoms with Crippen LogP contribution in [0, 0.1) is 11.8 Å². The summed E-state index contributed by atoms with van der Waals surface area (Å²) in [4.78, 5) is 12.5. The minimum Gasteiger partial charge on any atom is -0.492 e. The molecule has 2 unspecified atom stereocenters. The van der Waals surface area contributed by atoms with E-state index in [-0.39, 0.29) is 24.4 Å². The van der Waals surface area contributed by atoms with Crippen molar-refractivity contribution in [2.24, 2.45) is 11.8 Å². The summed E-state index contributed by atoms with van der Waals surface area (Å²) in [5.74, 6) is 1.93. The fourth-order valence-electron chi connectivity index (χ4n) is 3.66. The molecule has 0 aliphatic carbocycles. The van der Waals surface area contributed by atoms with Crippen LogP contribution in [0.15, 0.2) is 18.2 Å². The van der Waals surface area contributed by atoms with E-state index in [0.717, 1.165) is 30.8 Å². The van der Waals surface area contributed by atoms with Crippen LogP contribution in [0.3, 0.4) is 0 Å². The third kappa shape index (κ3) is 4.56. The first kappa shape index (κ1) is 19.4. The number of rotatable bonds is 4. The number of halogens is 2.